The van der Waals surface area contributed by atoms with Crippen LogP contribution in [0.3, 0.4) is 0 Å². The molecular weight excluding hydrogens is 226 g/mol. The van der Waals surface area contributed by atoms with Crippen LogP contribution in [-0.4, -0.2) is 32.9 Å². The topological polar surface area (TPSA) is 30.5 Å². The lowest BCUT2D eigenvalue weighted by molar-refractivity contribution is 0.0834. The minimum absolute atomic E-state index is 0.176. The zero-order valence-electron chi connectivity index (χ0n) is 12.1. The van der Waals surface area contributed by atoms with E-state index in [4.69, 9.17) is 9.47 Å². The van der Waals surface area contributed by atoms with Crippen molar-refractivity contribution < 1.29 is 9.47 Å². The average Bonchev–Trinajstić information content (AvgIpc) is 2.37. The van der Waals surface area contributed by atoms with Gasteiger partial charge in [0.25, 0.3) is 0 Å². The molecule has 1 N–H and O–H groups in total. The summed E-state index contributed by atoms with van der Waals surface area (Å²) in [5.41, 5.74) is 2.48. The Morgan fingerprint density at radius 2 is 2.00 bits per heavy atom. The highest BCUT2D eigenvalue weighted by molar-refractivity contribution is 5.37. The van der Waals surface area contributed by atoms with Crippen LogP contribution in [0.25, 0.3) is 0 Å². The van der Waals surface area contributed by atoms with Gasteiger partial charge in [-0.15, -0.1) is 0 Å². The van der Waals surface area contributed by atoms with Crippen molar-refractivity contribution in [2.24, 2.45) is 0 Å². The Morgan fingerprint density at radius 1 is 1.28 bits per heavy atom. The molecule has 0 aliphatic rings. The van der Waals surface area contributed by atoms with Gasteiger partial charge in [0, 0.05) is 13.2 Å². The van der Waals surface area contributed by atoms with Crippen molar-refractivity contribution in [1.82, 2.24) is 5.32 Å². The van der Waals surface area contributed by atoms with E-state index in [1.54, 1.807) is 14.2 Å². The van der Waals surface area contributed by atoms with Gasteiger partial charge in [-0.3, -0.25) is 0 Å². The summed E-state index contributed by atoms with van der Waals surface area (Å²) in [5.74, 6) is 0.951. The van der Waals surface area contributed by atoms with Gasteiger partial charge in [0.05, 0.1) is 13.2 Å². The third kappa shape index (κ3) is 4.00. The third-order valence-electron chi connectivity index (χ3n) is 3.28. The summed E-state index contributed by atoms with van der Waals surface area (Å²) in [7, 11) is 3.47. The van der Waals surface area contributed by atoms with Gasteiger partial charge in [-0.25, -0.2) is 0 Å². The Bertz CT molecular complexity index is 366. The summed E-state index contributed by atoms with van der Waals surface area (Å²) >= 11 is 0. The average molecular weight is 251 g/mol. The van der Waals surface area contributed by atoms with Gasteiger partial charge in [-0.05, 0) is 38.4 Å². The van der Waals surface area contributed by atoms with Gasteiger partial charge < -0.3 is 14.8 Å². The smallest absolute Gasteiger partial charge is 0.122 e. The number of rotatable bonds is 7. The molecule has 1 aromatic carbocycles. The van der Waals surface area contributed by atoms with E-state index >= 15 is 0 Å². The highest BCUT2D eigenvalue weighted by Gasteiger charge is 2.18. The van der Waals surface area contributed by atoms with Crippen molar-refractivity contribution in [2.75, 3.05) is 20.8 Å². The van der Waals surface area contributed by atoms with Crippen LogP contribution in [0, 0.1) is 6.92 Å². The number of hydrogen-bond donors (Lipinski definition) is 1. The van der Waals surface area contributed by atoms with E-state index in [0.717, 1.165) is 18.7 Å². The third-order valence-corrected chi connectivity index (χ3v) is 3.28. The van der Waals surface area contributed by atoms with Crippen molar-refractivity contribution in [2.45, 2.75) is 39.3 Å². The highest BCUT2D eigenvalue weighted by Crippen LogP contribution is 2.22. The molecule has 0 aliphatic carbocycles. The largest absolute Gasteiger partial charge is 0.496 e. The van der Waals surface area contributed by atoms with Crippen molar-refractivity contribution in [3.63, 3.8) is 0 Å². The SMILES string of the molecule is CCNC(Cc1cc(C)ccc1OC)C(C)OC. The Kier molecular flexibility index (Phi) is 6.16. The molecule has 2 unspecified atom stereocenters. The van der Waals surface area contributed by atoms with Gasteiger partial charge >= 0.3 is 0 Å². The van der Waals surface area contributed by atoms with Gasteiger partial charge in [0.1, 0.15) is 5.75 Å². The van der Waals surface area contributed by atoms with E-state index in [0.29, 0.717) is 6.04 Å². The van der Waals surface area contributed by atoms with Crippen LogP contribution in [0.5, 0.6) is 5.75 Å². The highest BCUT2D eigenvalue weighted by atomic mass is 16.5. The minimum atomic E-state index is 0.176. The first-order valence-electron chi connectivity index (χ1n) is 6.52. The zero-order valence-corrected chi connectivity index (χ0v) is 12.1. The lowest BCUT2D eigenvalue weighted by atomic mass is 9.99. The second-order valence-electron chi connectivity index (χ2n) is 4.62. The lowest BCUT2D eigenvalue weighted by Crippen LogP contribution is -2.41. The molecule has 1 rings (SSSR count). The lowest BCUT2D eigenvalue weighted by Gasteiger charge is -2.24. The number of likely N-dealkylation sites (N-methyl/N-ethyl adjacent to an activating group) is 1. The fourth-order valence-electron chi connectivity index (χ4n) is 2.13. The van der Waals surface area contributed by atoms with Crippen LogP contribution in [0.15, 0.2) is 18.2 Å². The van der Waals surface area contributed by atoms with Crippen LogP contribution in [-0.2, 0) is 11.2 Å². The zero-order chi connectivity index (χ0) is 13.5. The number of aryl methyl sites for hydroxylation is 1. The second-order valence-corrected chi connectivity index (χ2v) is 4.62. The van der Waals surface area contributed by atoms with E-state index in [1.807, 2.05) is 6.07 Å². The number of benzene rings is 1. The van der Waals surface area contributed by atoms with Crippen LogP contribution < -0.4 is 10.1 Å². The summed E-state index contributed by atoms with van der Waals surface area (Å²) in [6.45, 7) is 7.25. The molecule has 0 saturated carbocycles. The molecule has 18 heavy (non-hydrogen) atoms. The summed E-state index contributed by atoms with van der Waals surface area (Å²) in [4.78, 5) is 0. The van der Waals surface area contributed by atoms with Crippen LogP contribution >= 0.6 is 0 Å². The summed E-state index contributed by atoms with van der Waals surface area (Å²) < 4.78 is 10.9. The van der Waals surface area contributed by atoms with Crippen molar-refractivity contribution in [3.8, 4) is 5.75 Å². The first-order valence-corrected chi connectivity index (χ1v) is 6.52. The summed E-state index contributed by atoms with van der Waals surface area (Å²) in [6, 6.07) is 6.59. The molecule has 3 nitrogen and oxygen atoms in total. The summed E-state index contributed by atoms with van der Waals surface area (Å²) in [5, 5.41) is 3.47. The quantitative estimate of drug-likeness (QED) is 0.808. The Labute approximate surface area is 110 Å². The van der Waals surface area contributed by atoms with E-state index < -0.39 is 0 Å². The number of ether oxygens (including phenoxy) is 2. The van der Waals surface area contributed by atoms with E-state index in [9.17, 15) is 0 Å². The Balaban J connectivity index is 2.88. The molecule has 0 spiro atoms. The van der Waals surface area contributed by atoms with Crippen LogP contribution in [0.2, 0.25) is 0 Å². The Morgan fingerprint density at radius 3 is 2.56 bits per heavy atom. The van der Waals surface area contributed by atoms with Gasteiger partial charge in [0.15, 0.2) is 0 Å². The van der Waals surface area contributed by atoms with E-state index in [2.05, 4.69) is 38.2 Å². The predicted octanol–water partition coefficient (Wildman–Crippen LogP) is 2.56. The molecule has 0 aliphatic heterocycles. The van der Waals surface area contributed by atoms with Crippen molar-refractivity contribution in [1.29, 1.82) is 0 Å². The van der Waals surface area contributed by atoms with Gasteiger partial charge in [-0.2, -0.15) is 0 Å². The first kappa shape index (κ1) is 15.0. The predicted molar refractivity (Wildman–Crippen MR) is 75.4 cm³/mol. The maximum Gasteiger partial charge on any atom is 0.122 e. The molecule has 102 valence electrons. The molecule has 0 fully saturated rings. The standard InChI is InChI=1S/C15H25NO2/c1-6-16-14(12(3)17-4)10-13-9-11(2)7-8-15(13)18-5/h7-9,12,14,16H,6,10H2,1-5H3. The van der Waals surface area contributed by atoms with Gasteiger partial charge in [0.2, 0.25) is 0 Å². The minimum Gasteiger partial charge on any atom is -0.496 e. The normalized spacial score (nSPS) is 14.3. The fraction of sp³-hybridized carbons (Fsp3) is 0.600. The number of nitrogens with one attached hydrogen (secondary N) is 1. The molecule has 0 radical (unpaired) electrons. The first-order chi connectivity index (χ1) is 8.62. The maximum absolute atomic E-state index is 5.44. The molecule has 3 heteroatoms. The van der Waals surface area contributed by atoms with Gasteiger partial charge in [-0.1, -0.05) is 24.6 Å². The fourth-order valence-corrected chi connectivity index (χ4v) is 2.13. The molecular formula is C15H25NO2. The molecule has 0 bridgehead atoms. The second kappa shape index (κ2) is 7.39. The number of methoxy groups -OCH3 is 2. The molecule has 0 saturated heterocycles. The molecule has 0 aromatic heterocycles. The molecule has 0 heterocycles. The monoisotopic (exact) mass is 251 g/mol. The molecule has 0 amide bonds. The summed E-state index contributed by atoms with van der Waals surface area (Å²) in [6.07, 6.45) is 1.09. The van der Waals surface area contributed by atoms with Crippen LogP contribution in [0.1, 0.15) is 25.0 Å². The molecule has 1 aromatic rings. The number of hydrogen-bond acceptors (Lipinski definition) is 3. The van der Waals surface area contributed by atoms with Crippen molar-refractivity contribution >= 4 is 0 Å². The Hall–Kier alpha value is -1.06. The van der Waals surface area contributed by atoms with Crippen molar-refractivity contribution in [3.05, 3.63) is 29.3 Å². The maximum atomic E-state index is 5.44. The van der Waals surface area contributed by atoms with E-state index in [-0.39, 0.29) is 6.10 Å². The van der Waals surface area contributed by atoms with E-state index in [1.165, 1.54) is 11.1 Å². The van der Waals surface area contributed by atoms with Crippen LogP contribution in [0.4, 0.5) is 0 Å². The molecule has 2 atom stereocenters.